The number of hydrogen-bond acceptors (Lipinski definition) is 4. The summed E-state index contributed by atoms with van der Waals surface area (Å²) in [5, 5.41) is 0. The van der Waals surface area contributed by atoms with E-state index in [1.807, 2.05) is 30.3 Å². The second-order valence-corrected chi connectivity index (χ2v) is 4.41. The first kappa shape index (κ1) is 16.0. The van der Waals surface area contributed by atoms with E-state index in [9.17, 15) is 4.79 Å². The van der Waals surface area contributed by atoms with Crippen LogP contribution in [0.1, 0.15) is 38.2 Å². The van der Waals surface area contributed by atoms with E-state index in [4.69, 9.17) is 15.2 Å². The van der Waals surface area contributed by atoms with Crippen LogP contribution < -0.4 is 5.73 Å². The van der Waals surface area contributed by atoms with Crippen LogP contribution in [0.3, 0.4) is 0 Å². The third kappa shape index (κ3) is 7.41. The summed E-state index contributed by atoms with van der Waals surface area (Å²) < 4.78 is 9.67. The third-order valence-electron chi connectivity index (χ3n) is 2.67. The van der Waals surface area contributed by atoms with Crippen LogP contribution >= 0.6 is 0 Å². The van der Waals surface area contributed by atoms with Crippen molar-refractivity contribution in [2.75, 3.05) is 6.54 Å². The number of hydrogen-bond donors (Lipinski definition) is 1. The normalized spacial score (nSPS) is 11.2. The Morgan fingerprint density at radius 3 is 2.65 bits per heavy atom. The minimum absolute atomic E-state index is 0.139. The molecular weight excluding hydrogens is 256 g/mol. The zero-order valence-corrected chi connectivity index (χ0v) is 11.9. The molecule has 0 saturated carbocycles. The quantitative estimate of drug-likeness (QED) is 0.359. The number of carbonyl (C=O) groups excluding carboxylic acids is 1. The molecule has 0 heterocycles. The Kier molecular flexibility index (Phi) is 7.87. The van der Waals surface area contributed by atoms with Gasteiger partial charge in [-0.1, -0.05) is 56.5 Å². The Morgan fingerprint density at radius 2 is 1.95 bits per heavy atom. The van der Waals surface area contributed by atoms with Crippen molar-refractivity contribution in [1.82, 2.24) is 0 Å². The highest BCUT2D eigenvalue weighted by atomic mass is 16.7. The second kappa shape index (κ2) is 9.83. The van der Waals surface area contributed by atoms with Gasteiger partial charge in [-0.2, -0.15) is 0 Å². The molecule has 0 unspecified atom stereocenters. The van der Waals surface area contributed by atoms with E-state index in [2.05, 4.69) is 11.9 Å². The molecule has 0 fully saturated rings. The number of unbranched alkanes of at least 4 members (excludes halogenated alkanes) is 3. The predicted octanol–water partition coefficient (Wildman–Crippen LogP) is 3.23. The topological polar surface area (TPSA) is 73.9 Å². The van der Waals surface area contributed by atoms with E-state index in [0.717, 1.165) is 18.4 Å². The number of nitrogens with two attached hydrogens (primary N) is 1. The van der Waals surface area contributed by atoms with Crippen LogP contribution in [0.2, 0.25) is 0 Å². The lowest BCUT2D eigenvalue weighted by Crippen LogP contribution is -2.22. The molecule has 1 aromatic carbocycles. The number of amidine groups is 1. The van der Waals surface area contributed by atoms with Crippen LogP contribution in [0, 0.1) is 0 Å². The van der Waals surface area contributed by atoms with Crippen LogP contribution in [0.5, 0.6) is 0 Å². The SMILES string of the molecule is CCCCCCN=C(N)OC(=O)OCc1ccccc1. The van der Waals surface area contributed by atoms with Gasteiger partial charge in [0.1, 0.15) is 6.61 Å². The Labute approximate surface area is 119 Å². The fraction of sp³-hybridized carbons (Fsp3) is 0.467. The number of rotatable bonds is 7. The maximum absolute atomic E-state index is 11.4. The Morgan fingerprint density at radius 1 is 1.20 bits per heavy atom. The molecule has 1 aromatic rings. The number of carbonyl (C=O) groups is 1. The van der Waals surface area contributed by atoms with Crippen molar-refractivity contribution in [1.29, 1.82) is 0 Å². The molecule has 0 amide bonds. The summed E-state index contributed by atoms with van der Waals surface area (Å²) in [4.78, 5) is 15.3. The summed E-state index contributed by atoms with van der Waals surface area (Å²) >= 11 is 0. The van der Waals surface area contributed by atoms with Gasteiger partial charge in [0.05, 0.1) is 0 Å². The van der Waals surface area contributed by atoms with E-state index >= 15 is 0 Å². The molecule has 0 saturated heterocycles. The Hall–Kier alpha value is -2.04. The van der Waals surface area contributed by atoms with Crippen molar-refractivity contribution in [3.8, 4) is 0 Å². The molecule has 5 nitrogen and oxygen atoms in total. The van der Waals surface area contributed by atoms with Crippen molar-refractivity contribution >= 4 is 12.2 Å². The van der Waals surface area contributed by atoms with Gasteiger partial charge in [-0.15, -0.1) is 0 Å². The molecule has 0 radical (unpaired) electrons. The lowest BCUT2D eigenvalue weighted by Gasteiger charge is -2.05. The van der Waals surface area contributed by atoms with Crippen LogP contribution in [0.15, 0.2) is 35.3 Å². The van der Waals surface area contributed by atoms with E-state index in [1.165, 1.54) is 12.8 Å². The summed E-state index contributed by atoms with van der Waals surface area (Å²) in [6.07, 6.45) is 3.56. The predicted molar refractivity (Wildman–Crippen MR) is 78.3 cm³/mol. The molecule has 0 aliphatic heterocycles. The van der Waals surface area contributed by atoms with Crippen LogP contribution in [0.4, 0.5) is 4.79 Å². The van der Waals surface area contributed by atoms with Gasteiger partial charge in [-0.3, -0.25) is 0 Å². The Balaban J connectivity index is 2.19. The van der Waals surface area contributed by atoms with Crippen molar-refractivity contribution in [2.45, 2.75) is 39.2 Å². The minimum Gasteiger partial charge on any atom is -0.429 e. The van der Waals surface area contributed by atoms with Gasteiger partial charge >= 0.3 is 6.16 Å². The third-order valence-corrected chi connectivity index (χ3v) is 2.67. The highest BCUT2D eigenvalue weighted by molar-refractivity contribution is 5.82. The number of nitrogens with zero attached hydrogens (tertiary/aromatic N) is 1. The van der Waals surface area contributed by atoms with Crippen molar-refractivity contribution in [3.05, 3.63) is 35.9 Å². The lowest BCUT2D eigenvalue weighted by atomic mass is 10.2. The second-order valence-electron chi connectivity index (χ2n) is 4.41. The molecule has 0 atom stereocenters. The molecule has 2 N–H and O–H groups in total. The summed E-state index contributed by atoms with van der Waals surface area (Å²) in [6, 6.07) is 9.22. The Bertz CT molecular complexity index is 418. The number of aliphatic imine (C=N–C) groups is 1. The average Bonchev–Trinajstić information content (AvgIpc) is 2.46. The first-order valence-corrected chi connectivity index (χ1v) is 6.91. The summed E-state index contributed by atoms with van der Waals surface area (Å²) in [7, 11) is 0. The van der Waals surface area contributed by atoms with Gasteiger partial charge in [-0.05, 0) is 12.0 Å². The van der Waals surface area contributed by atoms with Gasteiger partial charge in [0.25, 0.3) is 6.02 Å². The molecular formula is C15H22N2O3. The van der Waals surface area contributed by atoms with Gasteiger partial charge in [0.2, 0.25) is 0 Å². The largest absolute Gasteiger partial charge is 0.516 e. The van der Waals surface area contributed by atoms with Crippen molar-refractivity contribution < 1.29 is 14.3 Å². The van der Waals surface area contributed by atoms with Gasteiger partial charge in [0, 0.05) is 6.54 Å². The van der Waals surface area contributed by atoms with E-state index in [-0.39, 0.29) is 12.6 Å². The van der Waals surface area contributed by atoms with Gasteiger partial charge in [-0.25, -0.2) is 9.79 Å². The minimum atomic E-state index is -0.830. The van der Waals surface area contributed by atoms with Crippen molar-refractivity contribution in [2.24, 2.45) is 10.7 Å². The van der Waals surface area contributed by atoms with Gasteiger partial charge < -0.3 is 15.2 Å². The monoisotopic (exact) mass is 278 g/mol. The van der Waals surface area contributed by atoms with E-state index < -0.39 is 6.16 Å². The highest BCUT2D eigenvalue weighted by Gasteiger charge is 2.06. The standard InChI is InChI=1S/C15H22N2O3/c1-2-3-4-8-11-17-14(16)20-15(18)19-12-13-9-6-5-7-10-13/h5-7,9-10H,2-4,8,11-12H2,1H3,(H2,16,17). The first-order valence-electron chi connectivity index (χ1n) is 6.91. The summed E-state index contributed by atoms with van der Waals surface area (Å²) in [5.74, 6) is 0. The smallest absolute Gasteiger partial charge is 0.429 e. The van der Waals surface area contributed by atoms with E-state index in [0.29, 0.717) is 6.54 Å². The highest BCUT2D eigenvalue weighted by Crippen LogP contribution is 2.02. The van der Waals surface area contributed by atoms with E-state index in [1.54, 1.807) is 0 Å². The number of ether oxygens (including phenoxy) is 2. The molecule has 0 bridgehead atoms. The van der Waals surface area contributed by atoms with Crippen LogP contribution in [-0.4, -0.2) is 18.7 Å². The molecule has 20 heavy (non-hydrogen) atoms. The molecule has 110 valence electrons. The molecule has 0 aromatic heterocycles. The fourth-order valence-corrected chi connectivity index (χ4v) is 1.59. The van der Waals surface area contributed by atoms with Gasteiger partial charge in [0.15, 0.2) is 0 Å². The maximum Gasteiger partial charge on any atom is 0.516 e. The molecule has 0 aliphatic carbocycles. The molecule has 0 aliphatic rings. The number of benzene rings is 1. The molecule has 5 heteroatoms. The molecule has 1 rings (SSSR count). The van der Waals surface area contributed by atoms with Crippen molar-refractivity contribution in [3.63, 3.8) is 0 Å². The van der Waals surface area contributed by atoms with Crippen LogP contribution in [0.25, 0.3) is 0 Å². The summed E-state index contributed by atoms with van der Waals surface area (Å²) in [6.45, 7) is 2.87. The maximum atomic E-state index is 11.4. The zero-order valence-electron chi connectivity index (χ0n) is 11.9. The zero-order chi connectivity index (χ0) is 14.6. The summed E-state index contributed by atoms with van der Waals surface area (Å²) in [5.41, 5.74) is 6.37. The lowest BCUT2D eigenvalue weighted by molar-refractivity contribution is 0.0885. The average molecular weight is 278 g/mol. The van der Waals surface area contributed by atoms with Crippen LogP contribution in [-0.2, 0) is 16.1 Å². The fourth-order valence-electron chi connectivity index (χ4n) is 1.59. The molecule has 0 spiro atoms. The first-order chi connectivity index (χ1) is 9.72.